The summed E-state index contributed by atoms with van der Waals surface area (Å²) in [6, 6.07) is 7.49. The quantitative estimate of drug-likeness (QED) is 0.697. The van der Waals surface area contributed by atoms with Crippen molar-refractivity contribution in [2.75, 3.05) is 0 Å². The van der Waals surface area contributed by atoms with Crippen molar-refractivity contribution in [3.63, 3.8) is 0 Å². The normalized spacial score (nSPS) is 14.4. The molecule has 0 aliphatic heterocycles. The van der Waals surface area contributed by atoms with Gasteiger partial charge in [0.2, 0.25) is 17.7 Å². The Bertz CT molecular complexity index is 698. The van der Waals surface area contributed by atoms with Gasteiger partial charge < -0.3 is 10.8 Å². The number of hydrogen-bond acceptors (Lipinski definition) is 4. The van der Waals surface area contributed by atoms with E-state index in [1.165, 1.54) is 0 Å². The zero-order valence-corrected chi connectivity index (χ0v) is 16.5. The molecule has 4 N–H and O–H groups in total. The molecule has 1 atom stereocenters. The molecule has 0 bridgehead atoms. The van der Waals surface area contributed by atoms with Gasteiger partial charge in [0.05, 0.1) is 6.42 Å². The van der Waals surface area contributed by atoms with Gasteiger partial charge in [0.15, 0.2) is 0 Å². The number of aliphatic hydroxyl groups is 1. The zero-order valence-electron chi connectivity index (χ0n) is 16.5. The predicted octanol–water partition coefficient (Wildman–Crippen LogP) is 2.13. The van der Waals surface area contributed by atoms with Crippen LogP contribution in [0.2, 0.25) is 0 Å². The van der Waals surface area contributed by atoms with E-state index >= 15 is 0 Å². The maximum atomic E-state index is 12.3. The van der Waals surface area contributed by atoms with Crippen LogP contribution < -0.4 is 11.1 Å². The Hall–Kier alpha value is -2.21. The topological polar surface area (TPSA) is 109 Å². The lowest BCUT2D eigenvalue weighted by Crippen LogP contribution is -2.45. The summed E-state index contributed by atoms with van der Waals surface area (Å²) in [6.07, 6.45) is -0.881. The van der Waals surface area contributed by atoms with Crippen molar-refractivity contribution in [3.05, 3.63) is 35.4 Å². The number of carbonyl (C=O) groups excluding carboxylic acids is 3. The molecule has 0 aliphatic rings. The summed E-state index contributed by atoms with van der Waals surface area (Å²) in [5, 5.41) is 13.5. The first-order chi connectivity index (χ1) is 11.7. The Labute approximate surface area is 155 Å². The number of carbonyl (C=O) groups is 3. The van der Waals surface area contributed by atoms with Gasteiger partial charge in [-0.15, -0.1) is 0 Å². The molecule has 26 heavy (non-hydrogen) atoms. The van der Waals surface area contributed by atoms with Gasteiger partial charge in [-0.2, -0.15) is 0 Å². The summed E-state index contributed by atoms with van der Waals surface area (Å²) in [6.45, 7) is 11.7. The molecule has 144 valence electrons. The first-order valence-electron chi connectivity index (χ1n) is 8.61. The number of imide groups is 1. The zero-order chi connectivity index (χ0) is 20.3. The molecule has 0 aromatic heterocycles. The van der Waals surface area contributed by atoms with Crippen LogP contribution in [-0.2, 0) is 25.4 Å². The minimum atomic E-state index is -1.49. The molecule has 6 heteroatoms. The van der Waals surface area contributed by atoms with Crippen molar-refractivity contribution < 1.29 is 19.5 Å². The Kier molecular flexibility index (Phi) is 6.36. The second-order valence-corrected chi connectivity index (χ2v) is 8.73. The largest absolute Gasteiger partial charge is 0.384 e. The summed E-state index contributed by atoms with van der Waals surface area (Å²) < 4.78 is 0. The summed E-state index contributed by atoms with van der Waals surface area (Å²) in [5.41, 5.74) is 4.31. The number of amides is 3. The highest BCUT2D eigenvalue weighted by atomic mass is 16.3. The van der Waals surface area contributed by atoms with E-state index in [1.807, 2.05) is 39.0 Å². The van der Waals surface area contributed by atoms with Gasteiger partial charge in [-0.25, -0.2) is 0 Å². The van der Waals surface area contributed by atoms with Crippen molar-refractivity contribution in [3.8, 4) is 0 Å². The highest BCUT2D eigenvalue weighted by molar-refractivity contribution is 6.03. The van der Waals surface area contributed by atoms with Crippen LogP contribution in [0.1, 0.15) is 65.5 Å². The smallest absolute Gasteiger partial charge is 0.235 e. The summed E-state index contributed by atoms with van der Waals surface area (Å²) in [4.78, 5) is 34.7. The van der Waals surface area contributed by atoms with Crippen LogP contribution in [0.25, 0.3) is 0 Å². The standard InChI is InChI=1S/C20H30N2O4/c1-18(2,3)13-8-7-9-14(10-13)20(26,19(4,5)6)12-17(25)22-16(24)11-15(21)23/h7-10,26H,11-12H2,1-6H3,(H2,21,23)(H,22,24,25). The number of rotatable bonds is 5. The van der Waals surface area contributed by atoms with Crippen molar-refractivity contribution in [1.82, 2.24) is 5.32 Å². The lowest BCUT2D eigenvalue weighted by molar-refractivity contribution is -0.139. The van der Waals surface area contributed by atoms with E-state index in [4.69, 9.17) is 5.73 Å². The third-order valence-corrected chi connectivity index (χ3v) is 4.48. The van der Waals surface area contributed by atoms with E-state index in [-0.39, 0.29) is 11.8 Å². The second-order valence-electron chi connectivity index (χ2n) is 8.73. The van der Waals surface area contributed by atoms with E-state index in [0.717, 1.165) is 5.56 Å². The predicted molar refractivity (Wildman–Crippen MR) is 100 cm³/mol. The Morgan fingerprint density at radius 2 is 1.54 bits per heavy atom. The first kappa shape index (κ1) is 21.8. The Balaban J connectivity index is 3.19. The molecule has 0 heterocycles. The molecule has 1 aromatic rings. The number of nitrogens with one attached hydrogen (secondary N) is 1. The Morgan fingerprint density at radius 3 is 2.00 bits per heavy atom. The number of nitrogens with two attached hydrogens (primary N) is 1. The van der Waals surface area contributed by atoms with Crippen LogP contribution in [0.4, 0.5) is 0 Å². The molecule has 3 amide bonds. The minimum Gasteiger partial charge on any atom is -0.384 e. The molecule has 0 aliphatic carbocycles. The average molecular weight is 362 g/mol. The molecule has 6 nitrogen and oxygen atoms in total. The van der Waals surface area contributed by atoms with Crippen LogP contribution in [0.15, 0.2) is 24.3 Å². The van der Waals surface area contributed by atoms with Gasteiger partial charge in [-0.3, -0.25) is 19.7 Å². The van der Waals surface area contributed by atoms with Gasteiger partial charge in [-0.1, -0.05) is 65.8 Å². The maximum absolute atomic E-state index is 12.3. The van der Waals surface area contributed by atoms with Gasteiger partial charge in [0, 0.05) is 0 Å². The third kappa shape index (κ3) is 5.39. The third-order valence-electron chi connectivity index (χ3n) is 4.48. The van der Waals surface area contributed by atoms with Gasteiger partial charge in [0.25, 0.3) is 0 Å². The molecule has 0 radical (unpaired) electrons. The summed E-state index contributed by atoms with van der Waals surface area (Å²) in [5.74, 6) is -2.25. The van der Waals surface area contributed by atoms with E-state index < -0.39 is 35.2 Å². The molecule has 1 rings (SSSR count). The molecule has 1 aromatic carbocycles. The van der Waals surface area contributed by atoms with Crippen molar-refractivity contribution in [1.29, 1.82) is 0 Å². The average Bonchev–Trinajstić information content (AvgIpc) is 2.43. The summed E-state index contributed by atoms with van der Waals surface area (Å²) >= 11 is 0. The fourth-order valence-electron chi connectivity index (χ4n) is 2.68. The van der Waals surface area contributed by atoms with Gasteiger partial charge in [0.1, 0.15) is 12.0 Å². The van der Waals surface area contributed by atoms with Crippen LogP contribution in [0.5, 0.6) is 0 Å². The van der Waals surface area contributed by atoms with Gasteiger partial charge in [-0.05, 0) is 22.0 Å². The van der Waals surface area contributed by atoms with E-state index in [2.05, 4.69) is 26.1 Å². The van der Waals surface area contributed by atoms with Crippen LogP contribution >= 0.6 is 0 Å². The minimum absolute atomic E-state index is 0.117. The molecule has 0 saturated heterocycles. The molecule has 0 spiro atoms. The van der Waals surface area contributed by atoms with E-state index in [9.17, 15) is 19.5 Å². The van der Waals surface area contributed by atoms with Crippen LogP contribution in [0.3, 0.4) is 0 Å². The van der Waals surface area contributed by atoms with Crippen LogP contribution in [0, 0.1) is 5.41 Å². The van der Waals surface area contributed by atoms with E-state index in [1.54, 1.807) is 6.07 Å². The number of benzene rings is 1. The lowest BCUT2D eigenvalue weighted by atomic mass is 9.69. The number of primary amides is 1. The monoisotopic (exact) mass is 362 g/mol. The first-order valence-corrected chi connectivity index (χ1v) is 8.61. The van der Waals surface area contributed by atoms with Crippen molar-refractivity contribution in [2.45, 2.75) is 65.4 Å². The fourth-order valence-corrected chi connectivity index (χ4v) is 2.68. The molecule has 1 unspecified atom stereocenters. The van der Waals surface area contributed by atoms with Crippen molar-refractivity contribution in [2.24, 2.45) is 11.1 Å². The van der Waals surface area contributed by atoms with E-state index in [0.29, 0.717) is 5.56 Å². The molecule has 0 saturated carbocycles. The lowest BCUT2D eigenvalue weighted by Gasteiger charge is -2.41. The fraction of sp³-hybridized carbons (Fsp3) is 0.550. The highest BCUT2D eigenvalue weighted by Crippen LogP contribution is 2.43. The van der Waals surface area contributed by atoms with Crippen molar-refractivity contribution >= 4 is 17.7 Å². The SMILES string of the molecule is CC(C)(C)c1cccc(C(O)(CC(=O)NC(=O)CC(N)=O)C(C)(C)C)c1. The highest BCUT2D eigenvalue weighted by Gasteiger charge is 2.44. The van der Waals surface area contributed by atoms with Gasteiger partial charge >= 0.3 is 0 Å². The number of hydrogen-bond donors (Lipinski definition) is 3. The molecular formula is C20H30N2O4. The Morgan fingerprint density at radius 1 is 1.00 bits per heavy atom. The molecule has 0 fully saturated rings. The summed E-state index contributed by atoms with van der Waals surface area (Å²) in [7, 11) is 0. The second kappa shape index (κ2) is 7.58. The molecular weight excluding hydrogens is 332 g/mol. The van der Waals surface area contributed by atoms with Crippen LogP contribution in [-0.4, -0.2) is 22.8 Å². The maximum Gasteiger partial charge on any atom is 0.235 e.